The molecule has 0 aliphatic heterocycles. The van der Waals surface area contributed by atoms with Crippen molar-refractivity contribution >= 4 is 11.8 Å². The maximum absolute atomic E-state index is 12.1. The van der Waals surface area contributed by atoms with Crippen LogP contribution in [-0.4, -0.2) is 31.2 Å². The van der Waals surface area contributed by atoms with Crippen molar-refractivity contribution in [3.63, 3.8) is 0 Å². The van der Waals surface area contributed by atoms with Crippen LogP contribution in [0.3, 0.4) is 0 Å². The molecule has 1 atom stereocenters. The third-order valence-electron chi connectivity index (χ3n) is 5.08. The van der Waals surface area contributed by atoms with E-state index in [0.717, 1.165) is 41.2 Å². The first-order valence-electron chi connectivity index (χ1n) is 10.7. The summed E-state index contributed by atoms with van der Waals surface area (Å²) >= 11 is 0. The van der Waals surface area contributed by atoms with Gasteiger partial charge in [0, 0.05) is 19.2 Å². The van der Waals surface area contributed by atoms with Crippen molar-refractivity contribution in [2.75, 3.05) is 25.6 Å². The van der Waals surface area contributed by atoms with Gasteiger partial charge in [-0.25, -0.2) is 4.98 Å². The van der Waals surface area contributed by atoms with Gasteiger partial charge >= 0.3 is 5.97 Å². The van der Waals surface area contributed by atoms with E-state index < -0.39 is 0 Å². The van der Waals surface area contributed by atoms with Gasteiger partial charge in [0.25, 0.3) is 0 Å². The Morgan fingerprint density at radius 1 is 1.00 bits per heavy atom. The zero-order valence-electron chi connectivity index (χ0n) is 18.2. The van der Waals surface area contributed by atoms with Gasteiger partial charge in [-0.15, -0.1) is 0 Å². The van der Waals surface area contributed by atoms with E-state index in [1.165, 1.54) is 0 Å². The minimum atomic E-state index is -0.160. The van der Waals surface area contributed by atoms with E-state index in [2.05, 4.69) is 34.6 Å². The lowest BCUT2D eigenvalue weighted by atomic mass is 9.89. The van der Waals surface area contributed by atoms with Crippen LogP contribution < -0.4 is 10.1 Å². The van der Waals surface area contributed by atoms with Gasteiger partial charge in [0.2, 0.25) is 0 Å². The van der Waals surface area contributed by atoms with Crippen LogP contribution >= 0.6 is 0 Å². The predicted octanol–water partition coefficient (Wildman–Crippen LogP) is 5.02. The van der Waals surface area contributed by atoms with Crippen molar-refractivity contribution in [3.05, 3.63) is 89.6 Å². The maximum atomic E-state index is 12.1. The molecule has 0 aliphatic carbocycles. The lowest BCUT2D eigenvalue weighted by molar-refractivity contribution is -0.143. The molecule has 0 aliphatic rings. The van der Waals surface area contributed by atoms with Crippen molar-refractivity contribution in [1.29, 1.82) is 0 Å². The number of hydrogen-bond donors (Lipinski definition) is 1. The summed E-state index contributed by atoms with van der Waals surface area (Å²) in [7, 11) is 1.86. The van der Waals surface area contributed by atoms with Gasteiger partial charge in [-0.3, -0.25) is 4.79 Å². The van der Waals surface area contributed by atoms with E-state index in [1.807, 2.05) is 62.5 Å². The molecule has 3 aromatic rings. The lowest BCUT2D eigenvalue weighted by Gasteiger charge is -2.17. The van der Waals surface area contributed by atoms with Crippen molar-refractivity contribution in [3.8, 4) is 5.75 Å². The Labute approximate surface area is 184 Å². The standard InChI is InChI=1S/C26H30N2O3/c1-3-30-26(29)19-22(21-8-5-4-6-9-21)18-20-12-14-24(15-13-20)31-17-16-23-10-7-11-25(27-2)28-23/h4-15,22H,3,16-19H2,1-2H3,(H,27,28). The monoisotopic (exact) mass is 418 g/mol. The molecule has 1 unspecified atom stereocenters. The topological polar surface area (TPSA) is 60.5 Å². The molecule has 0 saturated carbocycles. The third kappa shape index (κ3) is 7.14. The number of carbonyl (C=O) groups is 1. The van der Waals surface area contributed by atoms with Gasteiger partial charge < -0.3 is 14.8 Å². The van der Waals surface area contributed by atoms with Gasteiger partial charge in [0.1, 0.15) is 11.6 Å². The van der Waals surface area contributed by atoms with Crippen LogP contribution in [0.5, 0.6) is 5.75 Å². The molecule has 31 heavy (non-hydrogen) atoms. The number of benzene rings is 2. The molecule has 0 radical (unpaired) electrons. The summed E-state index contributed by atoms with van der Waals surface area (Å²) in [5.74, 6) is 1.61. The Kier molecular flexibility index (Phi) is 8.47. The molecular formula is C26H30N2O3. The first kappa shape index (κ1) is 22.3. The maximum Gasteiger partial charge on any atom is 0.306 e. The number of carbonyl (C=O) groups excluding carboxylic acids is 1. The van der Waals surface area contributed by atoms with Crippen molar-refractivity contribution < 1.29 is 14.3 Å². The summed E-state index contributed by atoms with van der Waals surface area (Å²) in [5.41, 5.74) is 3.30. The van der Waals surface area contributed by atoms with Crippen LogP contribution in [0.1, 0.15) is 36.1 Å². The van der Waals surface area contributed by atoms with Gasteiger partial charge in [0.15, 0.2) is 0 Å². The van der Waals surface area contributed by atoms with Gasteiger partial charge in [-0.05, 0) is 54.7 Å². The highest BCUT2D eigenvalue weighted by atomic mass is 16.5. The van der Waals surface area contributed by atoms with Crippen LogP contribution in [0.2, 0.25) is 0 Å². The number of nitrogens with one attached hydrogen (secondary N) is 1. The molecule has 5 heteroatoms. The first-order valence-corrected chi connectivity index (χ1v) is 10.7. The minimum absolute atomic E-state index is 0.0811. The SMILES string of the molecule is CCOC(=O)CC(Cc1ccc(OCCc2cccc(NC)n2)cc1)c1ccccc1. The van der Waals surface area contributed by atoms with Crippen LogP contribution in [-0.2, 0) is 22.4 Å². The van der Waals surface area contributed by atoms with E-state index in [9.17, 15) is 4.79 Å². The summed E-state index contributed by atoms with van der Waals surface area (Å²) in [6.07, 6.45) is 1.88. The Bertz CT molecular complexity index is 942. The molecule has 0 saturated heterocycles. The van der Waals surface area contributed by atoms with E-state index in [0.29, 0.717) is 19.6 Å². The molecule has 1 heterocycles. The Hall–Kier alpha value is -3.34. The van der Waals surface area contributed by atoms with Crippen molar-refractivity contribution in [1.82, 2.24) is 4.98 Å². The quantitative estimate of drug-likeness (QED) is 0.443. The van der Waals surface area contributed by atoms with Crippen LogP contribution in [0.4, 0.5) is 5.82 Å². The van der Waals surface area contributed by atoms with Crippen molar-refractivity contribution in [2.45, 2.75) is 32.1 Å². The average Bonchev–Trinajstić information content (AvgIpc) is 2.80. The molecule has 1 aromatic heterocycles. The number of hydrogen-bond acceptors (Lipinski definition) is 5. The molecule has 0 amide bonds. The van der Waals surface area contributed by atoms with Gasteiger partial charge in [0.05, 0.1) is 19.6 Å². The van der Waals surface area contributed by atoms with Crippen LogP contribution in [0.15, 0.2) is 72.8 Å². The highest BCUT2D eigenvalue weighted by Crippen LogP contribution is 2.26. The fourth-order valence-corrected chi connectivity index (χ4v) is 3.49. The lowest BCUT2D eigenvalue weighted by Crippen LogP contribution is -2.12. The number of nitrogens with zero attached hydrogens (tertiary/aromatic N) is 1. The molecule has 0 spiro atoms. The second-order valence-corrected chi connectivity index (χ2v) is 7.33. The van der Waals surface area contributed by atoms with E-state index >= 15 is 0 Å². The van der Waals surface area contributed by atoms with Gasteiger partial charge in [-0.1, -0.05) is 48.5 Å². The number of esters is 1. The van der Waals surface area contributed by atoms with E-state index in [4.69, 9.17) is 9.47 Å². The predicted molar refractivity (Wildman–Crippen MR) is 124 cm³/mol. The summed E-state index contributed by atoms with van der Waals surface area (Å²) in [6, 6.07) is 24.2. The second kappa shape index (κ2) is 11.7. The fraction of sp³-hybridized carbons (Fsp3) is 0.308. The normalized spacial score (nSPS) is 11.5. The Morgan fingerprint density at radius 2 is 1.77 bits per heavy atom. The van der Waals surface area contributed by atoms with Gasteiger partial charge in [-0.2, -0.15) is 0 Å². The molecule has 2 aromatic carbocycles. The Morgan fingerprint density at radius 3 is 2.48 bits per heavy atom. The zero-order valence-corrected chi connectivity index (χ0v) is 18.2. The van der Waals surface area contributed by atoms with E-state index in [1.54, 1.807) is 0 Å². The molecule has 0 bridgehead atoms. The van der Waals surface area contributed by atoms with Crippen LogP contribution in [0, 0.1) is 0 Å². The highest BCUT2D eigenvalue weighted by Gasteiger charge is 2.17. The molecule has 5 nitrogen and oxygen atoms in total. The third-order valence-corrected chi connectivity index (χ3v) is 5.08. The largest absolute Gasteiger partial charge is 0.493 e. The number of ether oxygens (including phenoxy) is 2. The second-order valence-electron chi connectivity index (χ2n) is 7.33. The summed E-state index contributed by atoms with van der Waals surface area (Å²) in [4.78, 5) is 16.6. The number of pyridine rings is 1. The molecule has 162 valence electrons. The molecule has 0 fully saturated rings. The number of anilines is 1. The van der Waals surface area contributed by atoms with Crippen LogP contribution in [0.25, 0.3) is 0 Å². The van der Waals surface area contributed by atoms with E-state index in [-0.39, 0.29) is 11.9 Å². The zero-order chi connectivity index (χ0) is 21.9. The highest BCUT2D eigenvalue weighted by molar-refractivity contribution is 5.70. The molecular weight excluding hydrogens is 388 g/mol. The number of aromatic nitrogens is 1. The summed E-state index contributed by atoms with van der Waals surface area (Å²) in [6.45, 7) is 2.80. The summed E-state index contributed by atoms with van der Waals surface area (Å²) < 4.78 is 11.1. The summed E-state index contributed by atoms with van der Waals surface area (Å²) in [5, 5.41) is 3.05. The Balaban J connectivity index is 1.57. The molecule has 3 rings (SSSR count). The average molecular weight is 419 g/mol. The van der Waals surface area contributed by atoms with Crippen molar-refractivity contribution in [2.24, 2.45) is 0 Å². The number of rotatable bonds is 11. The first-order chi connectivity index (χ1) is 15.2. The fourth-order valence-electron chi connectivity index (χ4n) is 3.49. The smallest absolute Gasteiger partial charge is 0.306 e. The molecule has 1 N–H and O–H groups in total. The minimum Gasteiger partial charge on any atom is -0.493 e.